The molecular formula is C8H5N6S. The third-order valence-corrected chi connectivity index (χ3v) is 2.45. The van der Waals surface area contributed by atoms with E-state index in [0.29, 0.717) is 0 Å². The molecule has 7 heteroatoms. The molecule has 73 valence electrons. The van der Waals surface area contributed by atoms with Crippen molar-refractivity contribution in [3.8, 4) is 22.8 Å². The zero-order valence-electron chi connectivity index (χ0n) is 7.43. The summed E-state index contributed by atoms with van der Waals surface area (Å²) in [7, 11) is 0. The van der Waals surface area contributed by atoms with Crippen molar-refractivity contribution >= 4 is 11.5 Å². The van der Waals surface area contributed by atoms with E-state index in [9.17, 15) is 0 Å². The summed E-state index contributed by atoms with van der Waals surface area (Å²) >= 11 is 1.29. The number of hydrogen-bond donors (Lipinski definition) is 2. The van der Waals surface area contributed by atoms with Gasteiger partial charge in [-0.25, -0.2) is 4.98 Å². The zero-order chi connectivity index (χ0) is 10.1. The van der Waals surface area contributed by atoms with Gasteiger partial charge in [-0.05, 0) is 17.6 Å². The predicted molar refractivity (Wildman–Crippen MR) is 53.9 cm³/mol. The summed E-state index contributed by atoms with van der Waals surface area (Å²) in [5.74, 6) is 0. The summed E-state index contributed by atoms with van der Waals surface area (Å²) in [5.41, 5.74) is 3.03. The molecule has 0 bridgehead atoms. The van der Waals surface area contributed by atoms with Crippen LogP contribution in [0.5, 0.6) is 0 Å². The van der Waals surface area contributed by atoms with Crippen molar-refractivity contribution in [2.24, 2.45) is 0 Å². The molecule has 0 fully saturated rings. The molecule has 3 aromatic heterocycles. The van der Waals surface area contributed by atoms with Gasteiger partial charge in [-0.1, -0.05) is 4.49 Å². The fraction of sp³-hybridized carbons (Fsp3) is 0. The zero-order valence-corrected chi connectivity index (χ0v) is 8.25. The molecule has 0 aliphatic heterocycles. The van der Waals surface area contributed by atoms with E-state index >= 15 is 0 Å². The Bertz CT molecular complexity index is 489. The smallest absolute Gasteiger partial charge is 0.174 e. The minimum Gasteiger partial charge on any atom is -0.333 e. The standard InChI is InChI=1S/C8H5N6S/c1-2-11-12-5(1)7-8(10-4-9-7)6-3-15-14-13-6/h1-3H,(H,9,10)(H,11,12). The van der Waals surface area contributed by atoms with Crippen molar-refractivity contribution < 1.29 is 0 Å². The highest BCUT2D eigenvalue weighted by atomic mass is 32.1. The van der Waals surface area contributed by atoms with Crippen molar-refractivity contribution in [1.82, 2.24) is 29.8 Å². The Morgan fingerprint density at radius 3 is 3.07 bits per heavy atom. The fourth-order valence-corrected chi connectivity index (χ4v) is 1.73. The molecule has 0 saturated carbocycles. The van der Waals surface area contributed by atoms with Crippen LogP contribution >= 0.6 is 11.5 Å². The highest BCUT2D eigenvalue weighted by Gasteiger charge is 2.13. The van der Waals surface area contributed by atoms with Gasteiger partial charge in [0.25, 0.3) is 0 Å². The molecule has 15 heavy (non-hydrogen) atoms. The van der Waals surface area contributed by atoms with Crippen LogP contribution in [0, 0.1) is 6.33 Å². The molecule has 6 nitrogen and oxygen atoms in total. The molecule has 0 unspecified atom stereocenters. The minimum absolute atomic E-state index is 0.718. The van der Waals surface area contributed by atoms with Gasteiger partial charge in [0.1, 0.15) is 17.1 Å². The molecule has 0 atom stereocenters. The molecule has 0 aliphatic rings. The molecule has 3 rings (SSSR count). The molecular weight excluding hydrogens is 212 g/mol. The Morgan fingerprint density at radius 2 is 2.33 bits per heavy atom. The van der Waals surface area contributed by atoms with Crippen LogP contribution in [-0.4, -0.2) is 29.8 Å². The summed E-state index contributed by atoms with van der Waals surface area (Å²) in [5, 5.41) is 12.6. The Balaban J connectivity index is 2.15. The first kappa shape index (κ1) is 8.30. The highest BCUT2D eigenvalue weighted by molar-refractivity contribution is 7.03. The van der Waals surface area contributed by atoms with Crippen molar-refractivity contribution in [3.63, 3.8) is 0 Å². The Hall–Kier alpha value is -2.02. The first-order valence-corrected chi connectivity index (χ1v) is 5.02. The molecule has 2 N–H and O–H groups in total. The minimum atomic E-state index is 0.718. The van der Waals surface area contributed by atoms with E-state index in [4.69, 9.17) is 0 Å². The number of hydrogen-bond acceptors (Lipinski definition) is 5. The molecule has 3 heterocycles. The average molecular weight is 217 g/mol. The van der Waals surface area contributed by atoms with E-state index in [-0.39, 0.29) is 0 Å². The van der Waals surface area contributed by atoms with Crippen LogP contribution in [0.15, 0.2) is 17.6 Å². The van der Waals surface area contributed by atoms with Gasteiger partial charge in [0.15, 0.2) is 6.33 Å². The number of aromatic amines is 2. The molecule has 0 aliphatic carbocycles. The summed E-state index contributed by atoms with van der Waals surface area (Å²) < 4.78 is 3.80. The quantitative estimate of drug-likeness (QED) is 0.673. The van der Waals surface area contributed by atoms with Crippen LogP contribution < -0.4 is 0 Å². The van der Waals surface area contributed by atoms with Crippen LogP contribution in [0.3, 0.4) is 0 Å². The van der Waals surface area contributed by atoms with E-state index in [2.05, 4.69) is 36.1 Å². The van der Waals surface area contributed by atoms with Crippen molar-refractivity contribution in [3.05, 3.63) is 24.0 Å². The van der Waals surface area contributed by atoms with Crippen LogP contribution in [0.1, 0.15) is 0 Å². The maximum atomic E-state index is 4.08. The first-order valence-electron chi connectivity index (χ1n) is 4.19. The van der Waals surface area contributed by atoms with Crippen molar-refractivity contribution in [1.29, 1.82) is 0 Å². The third-order valence-electron chi connectivity index (χ3n) is 1.94. The van der Waals surface area contributed by atoms with Crippen LogP contribution in [0.2, 0.25) is 0 Å². The van der Waals surface area contributed by atoms with E-state index in [0.717, 1.165) is 22.8 Å². The third kappa shape index (κ3) is 1.33. The predicted octanol–water partition coefficient (Wildman–Crippen LogP) is 1.12. The maximum absolute atomic E-state index is 4.08. The second-order valence-electron chi connectivity index (χ2n) is 2.82. The number of nitrogens with one attached hydrogen (secondary N) is 2. The molecule has 0 aromatic carbocycles. The van der Waals surface area contributed by atoms with E-state index in [1.165, 1.54) is 11.5 Å². The highest BCUT2D eigenvalue weighted by Crippen LogP contribution is 2.25. The van der Waals surface area contributed by atoms with Crippen molar-refractivity contribution in [2.45, 2.75) is 0 Å². The van der Waals surface area contributed by atoms with Gasteiger partial charge in [-0.15, -0.1) is 5.10 Å². The lowest BCUT2D eigenvalue weighted by Gasteiger charge is -1.93. The van der Waals surface area contributed by atoms with Gasteiger partial charge in [0, 0.05) is 11.6 Å². The Morgan fingerprint density at radius 1 is 1.33 bits per heavy atom. The normalized spacial score (nSPS) is 10.7. The van der Waals surface area contributed by atoms with Crippen molar-refractivity contribution in [2.75, 3.05) is 0 Å². The number of imidazole rings is 1. The van der Waals surface area contributed by atoms with Crippen LogP contribution in [0.4, 0.5) is 0 Å². The average Bonchev–Trinajstić information content (AvgIpc) is 3.01. The van der Waals surface area contributed by atoms with Gasteiger partial charge in [-0.2, -0.15) is 5.10 Å². The summed E-state index contributed by atoms with van der Waals surface area (Å²) in [4.78, 5) is 7.00. The van der Waals surface area contributed by atoms with Gasteiger partial charge in [-0.3, -0.25) is 5.10 Å². The lowest BCUT2D eigenvalue weighted by Crippen LogP contribution is -1.84. The van der Waals surface area contributed by atoms with Crippen LogP contribution in [0.25, 0.3) is 22.8 Å². The summed E-state index contributed by atoms with van der Waals surface area (Å²) in [6, 6.07) is 1.85. The summed E-state index contributed by atoms with van der Waals surface area (Å²) in [6.45, 7) is 0. The second kappa shape index (κ2) is 3.28. The SMILES string of the molecule is [c]1nc(-c2csnn2)c(-c2cc[nH]n2)[nH]1. The second-order valence-corrected chi connectivity index (χ2v) is 3.43. The lowest BCUT2D eigenvalue weighted by molar-refractivity contribution is 1.09. The van der Waals surface area contributed by atoms with E-state index < -0.39 is 0 Å². The Labute approximate surface area is 88.6 Å². The fourth-order valence-electron chi connectivity index (χ4n) is 1.29. The van der Waals surface area contributed by atoms with E-state index in [1.807, 2.05) is 11.4 Å². The van der Waals surface area contributed by atoms with Gasteiger partial charge < -0.3 is 4.98 Å². The number of H-pyrrole nitrogens is 2. The van der Waals surface area contributed by atoms with Gasteiger partial charge in [0.2, 0.25) is 0 Å². The molecule has 1 radical (unpaired) electrons. The number of aromatic nitrogens is 6. The Kier molecular flexibility index (Phi) is 1.82. The van der Waals surface area contributed by atoms with Crippen LogP contribution in [-0.2, 0) is 0 Å². The van der Waals surface area contributed by atoms with Gasteiger partial charge in [0.05, 0.1) is 5.69 Å². The maximum Gasteiger partial charge on any atom is 0.174 e. The number of rotatable bonds is 2. The molecule has 0 saturated heterocycles. The molecule has 0 amide bonds. The number of nitrogens with zero attached hydrogens (tertiary/aromatic N) is 4. The topological polar surface area (TPSA) is 83.1 Å². The van der Waals surface area contributed by atoms with Gasteiger partial charge >= 0.3 is 0 Å². The van der Waals surface area contributed by atoms with E-state index in [1.54, 1.807) is 6.20 Å². The monoisotopic (exact) mass is 217 g/mol. The largest absolute Gasteiger partial charge is 0.333 e. The summed E-state index contributed by atoms with van der Waals surface area (Å²) in [6.07, 6.45) is 4.43. The first-order chi connectivity index (χ1) is 7.45. The molecule has 3 aromatic rings. The molecule has 0 spiro atoms. The lowest BCUT2D eigenvalue weighted by atomic mass is 10.2.